The van der Waals surface area contributed by atoms with E-state index in [1.54, 1.807) is 0 Å². The zero-order chi connectivity index (χ0) is 22.6. The maximum Gasteiger partial charge on any atom is 0.0992 e. The van der Waals surface area contributed by atoms with Crippen molar-refractivity contribution < 1.29 is 0 Å². The number of pyridine rings is 1. The summed E-state index contributed by atoms with van der Waals surface area (Å²) in [5.41, 5.74) is 6.39. The van der Waals surface area contributed by atoms with E-state index in [2.05, 4.69) is 59.6 Å². The van der Waals surface area contributed by atoms with Crippen LogP contribution in [0.1, 0.15) is 68.2 Å². The second-order valence-electron chi connectivity index (χ2n) is 9.79. The minimum absolute atomic E-state index is 0.478. The Balaban J connectivity index is 1.48. The largest absolute Gasteiger partial charge is 0.310 e. The molecule has 0 amide bonds. The SMILES string of the molecule is CCCN(CCC1CC1)Cc1cc(-c2ccc(C3CCCN3)cc2)nc2cc(C#N)ccc12. The molecular weight excluding hydrogens is 404 g/mol. The van der Waals surface area contributed by atoms with E-state index < -0.39 is 0 Å². The minimum atomic E-state index is 0.478. The van der Waals surface area contributed by atoms with Crippen molar-refractivity contribution in [3.8, 4) is 17.3 Å². The van der Waals surface area contributed by atoms with Crippen molar-refractivity contribution in [2.24, 2.45) is 5.92 Å². The first-order chi connectivity index (χ1) is 16.2. The summed E-state index contributed by atoms with van der Waals surface area (Å²) < 4.78 is 0. The normalized spacial score (nSPS) is 18.2. The second-order valence-corrected chi connectivity index (χ2v) is 9.79. The number of nitrogens with one attached hydrogen (secondary N) is 1. The van der Waals surface area contributed by atoms with Crippen LogP contribution in [0.5, 0.6) is 0 Å². The number of hydrogen-bond donors (Lipinski definition) is 1. The monoisotopic (exact) mass is 438 g/mol. The number of aromatic nitrogens is 1. The Kier molecular flexibility index (Phi) is 6.71. The Morgan fingerprint density at radius 1 is 1.06 bits per heavy atom. The third-order valence-corrected chi connectivity index (χ3v) is 7.18. The fourth-order valence-electron chi connectivity index (χ4n) is 5.10. The van der Waals surface area contributed by atoms with Gasteiger partial charge in [-0.15, -0.1) is 0 Å². The molecule has 1 aromatic heterocycles. The molecule has 1 saturated carbocycles. The van der Waals surface area contributed by atoms with E-state index in [9.17, 15) is 5.26 Å². The molecule has 0 spiro atoms. The summed E-state index contributed by atoms with van der Waals surface area (Å²) >= 11 is 0. The van der Waals surface area contributed by atoms with Gasteiger partial charge in [-0.05, 0) is 80.6 Å². The van der Waals surface area contributed by atoms with Crippen molar-refractivity contribution in [1.29, 1.82) is 5.26 Å². The van der Waals surface area contributed by atoms with Gasteiger partial charge in [0.2, 0.25) is 0 Å². The van der Waals surface area contributed by atoms with E-state index in [1.807, 2.05) is 12.1 Å². The van der Waals surface area contributed by atoms with Crippen molar-refractivity contribution in [2.75, 3.05) is 19.6 Å². The van der Waals surface area contributed by atoms with Crippen LogP contribution in [0.25, 0.3) is 22.2 Å². The first kappa shape index (κ1) is 22.1. The van der Waals surface area contributed by atoms with Crippen LogP contribution in [0, 0.1) is 17.2 Å². The number of benzene rings is 2. The van der Waals surface area contributed by atoms with E-state index in [0.29, 0.717) is 11.6 Å². The van der Waals surface area contributed by atoms with E-state index in [-0.39, 0.29) is 0 Å². The van der Waals surface area contributed by atoms with Crippen LogP contribution in [0.3, 0.4) is 0 Å². The quantitative estimate of drug-likeness (QED) is 0.431. The topological polar surface area (TPSA) is 52.0 Å². The maximum atomic E-state index is 9.44. The van der Waals surface area contributed by atoms with E-state index in [4.69, 9.17) is 4.98 Å². The Hall–Kier alpha value is -2.74. The second kappa shape index (κ2) is 10.0. The van der Waals surface area contributed by atoms with Crippen LogP contribution in [-0.4, -0.2) is 29.5 Å². The van der Waals surface area contributed by atoms with Gasteiger partial charge in [-0.1, -0.05) is 50.1 Å². The van der Waals surface area contributed by atoms with Crippen LogP contribution < -0.4 is 5.32 Å². The van der Waals surface area contributed by atoms with Crippen LogP contribution in [0.15, 0.2) is 48.5 Å². The molecule has 1 atom stereocenters. The van der Waals surface area contributed by atoms with E-state index in [0.717, 1.165) is 60.7 Å². The fraction of sp³-hybridized carbons (Fsp3) is 0.448. The van der Waals surface area contributed by atoms with Gasteiger partial charge in [0.25, 0.3) is 0 Å². The number of nitriles is 1. The van der Waals surface area contributed by atoms with Gasteiger partial charge < -0.3 is 5.32 Å². The highest BCUT2D eigenvalue weighted by Gasteiger charge is 2.22. The molecule has 2 heterocycles. The molecule has 0 bridgehead atoms. The molecule has 4 heteroatoms. The number of hydrogen-bond acceptors (Lipinski definition) is 4. The Morgan fingerprint density at radius 2 is 1.91 bits per heavy atom. The molecule has 0 radical (unpaired) electrons. The van der Waals surface area contributed by atoms with Crippen LogP contribution in [-0.2, 0) is 6.54 Å². The summed E-state index contributed by atoms with van der Waals surface area (Å²) in [5.74, 6) is 0.945. The van der Waals surface area contributed by atoms with Crippen LogP contribution in [0.4, 0.5) is 0 Å². The highest BCUT2D eigenvalue weighted by atomic mass is 15.1. The van der Waals surface area contributed by atoms with E-state index in [1.165, 1.54) is 43.2 Å². The lowest BCUT2D eigenvalue weighted by Gasteiger charge is -2.23. The van der Waals surface area contributed by atoms with Crippen molar-refractivity contribution >= 4 is 10.9 Å². The molecule has 1 aliphatic heterocycles. The van der Waals surface area contributed by atoms with Crippen molar-refractivity contribution in [2.45, 2.75) is 58.0 Å². The lowest BCUT2D eigenvalue weighted by atomic mass is 9.99. The fourth-order valence-corrected chi connectivity index (χ4v) is 5.10. The average molecular weight is 439 g/mol. The van der Waals surface area contributed by atoms with Gasteiger partial charge in [0, 0.05) is 23.5 Å². The van der Waals surface area contributed by atoms with Gasteiger partial charge in [-0.2, -0.15) is 5.26 Å². The smallest absolute Gasteiger partial charge is 0.0992 e. The molecule has 170 valence electrons. The van der Waals surface area contributed by atoms with Crippen LogP contribution >= 0.6 is 0 Å². The predicted octanol–water partition coefficient (Wildman–Crippen LogP) is 6.21. The van der Waals surface area contributed by atoms with E-state index >= 15 is 0 Å². The molecule has 1 aliphatic carbocycles. The third kappa shape index (κ3) is 5.27. The van der Waals surface area contributed by atoms with Crippen LogP contribution in [0.2, 0.25) is 0 Å². The Labute approximate surface area is 197 Å². The Morgan fingerprint density at radius 3 is 2.61 bits per heavy atom. The standard InChI is InChI=1S/C29H34N4/c1-2-15-33(16-13-21-5-6-21)20-25-18-28(32-29-17-22(19-30)7-12-26(25)29)24-10-8-23(9-11-24)27-4-3-14-31-27/h7-12,17-18,21,27,31H,2-6,13-16,20H2,1H3. The molecule has 1 saturated heterocycles. The highest BCUT2D eigenvalue weighted by molar-refractivity contribution is 5.86. The number of rotatable bonds is 9. The molecule has 2 aromatic carbocycles. The molecule has 1 N–H and O–H groups in total. The summed E-state index contributed by atoms with van der Waals surface area (Å²) in [4.78, 5) is 7.60. The first-order valence-corrected chi connectivity index (χ1v) is 12.6. The zero-order valence-corrected chi connectivity index (χ0v) is 19.7. The first-order valence-electron chi connectivity index (χ1n) is 12.6. The molecule has 4 nitrogen and oxygen atoms in total. The number of nitrogens with zero attached hydrogens (tertiary/aromatic N) is 3. The lowest BCUT2D eigenvalue weighted by Crippen LogP contribution is -2.25. The average Bonchev–Trinajstić information content (AvgIpc) is 3.52. The molecule has 3 aromatic rings. The van der Waals surface area contributed by atoms with Gasteiger partial charge in [-0.3, -0.25) is 4.90 Å². The molecule has 33 heavy (non-hydrogen) atoms. The molecule has 1 unspecified atom stereocenters. The summed E-state index contributed by atoms with van der Waals surface area (Å²) in [5, 5.41) is 14.2. The summed E-state index contributed by atoms with van der Waals surface area (Å²) in [6, 6.07) is 19.9. The lowest BCUT2D eigenvalue weighted by molar-refractivity contribution is 0.258. The van der Waals surface area contributed by atoms with Gasteiger partial charge in [0.1, 0.15) is 0 Å². The van der Waals surface area contributed by atoms with Gasteiger partial charge in [0.05, 0.1) is 22.8 Å². The summed E-state index contributed by atoms with van der Waals surface area (Å²) in [6.07, 6.45) is 7.75. The molecular formula is C29H34N4. The third-order valence-electron chi connectivity index (χ3n) is 7.18. The minimum Gasteiger partial charge on any atom is -0.310 e. The van der Waals surface area contributed by atoms with Crippen molar-refractivity contribution in [1.82, 2.24) is 15.2 Å². The van der Waals surface area contributed by atoms with Gasteiger partial charge in [-0.25, -0.2) is 4.98 Å². The Bertz CT molecular complexity index is 1130. The van der Waals surface area contributed by atoms with Crippen molar-refractivity contribution in [3.05, 3.63) is 65.2 Å². The molecule has 5 rings (SSSR count). The summed E-state index contributed by atoms with van der Waals surface area (Å²) in [7, 11) is 0. The zero-order valence-electron chi connectivity index (χ0n) is 19.7. The highest BCUT2D eigenvalue weighted by Crippen LogP contribution is 2.33. The number of fused-ring (bicyclic) bond motifs is 1. The predicted molar refractivity (Wildman–Crippen MR) is 135 cm³/mol. The van der Waals surface area contributed by atoms with Gasteiger partial charge in [0.15, 0.2) is 0 Å². The molecule has 2 aliphatic rings. The van der Waals surface area contributed by atoms with Gasteiger partial charge >= 0.3 is 0 Å². The maximum absolute atomic E-state index is 9.44. The molecule has 2 fully saturated rings. The summed E-state index contributed by atoms with van der Waals surface area (Å²) in [6.45, 7) is 6.59. The van der Waals surface area contributed by atoms with Crippen molar-refractivity contribution in [3.63, 3.8) is 0 Å².